The van der Waals surface area contributed by atoms with Crippen molar-refractivity contribution in [1.82, 2.24) is 10.2 Å². The molecule has 1 atom stereocenters. The molecule has 27 heavy (non-hydrogen) atoms. The van der Waals surface area contributed by atoms with E-state index >= 15 is 0 Å². The second kappa shape index (κ2) is 7.07. The van der Waals surface area contributed by atoms with Crippen molar-refractivity contribution in [2.45, 2.75) is 44.8 Å². The van der Waals surface area contributed by atoms with Crippen LogP contribution >= 0.6 is 15.9 Å². The van der Waals surface area contributed by atoms with Crippen LogP contribution in [0.1, 0.15) is 44.2 Å². The number of amides is 2. The van der Waals surface area contributed by atoms with E-state index in [-0.39, 0.29) is 24.9 Å². The highest BCUT2D eigenvalue weighted by Gasteiger charge is 2.37. The van der Waals surface area contributed by atoms with Crippen molar-refractivity contribution < 1.29 is 23.8 Å². The van der Waals surface area contributed by atoms with Gasteiger partial charge in [0.15, 0.2) is 11.5 Å². The smallest absolute Gasteiger partial charge is 0.338 e. The van der Waals surface area contributed by atoms with Crippen molar-refractivity contribution in [2.24, 2.45) is 0 Å². The number of ether oxygens (including phenoxy) is 3. The molecule has 0 saturated heterocycles. The number of rotatable bonds is 3. The summed E-state index contributed by atoms with van der Waals surface area (Å²) < 4.78 is 17.3. The van der Waals surface area contributed by atoms with E-state index in [9.17, 15) is 9.59 Å². The number of nitrogens with one attached hydrogen (secondary N) is 1. The van der Waals surface area contributed by atoms with Crippen molar-refractivity contribution in [3.8, 4) is 11.5 Å². The number of urea groups is 1. The van der Waals surface area contributed by atoms with E-state index in [4.69, 9.17) is 14.2 Å². The van der Waals surface area contributed by atoms with Gasteiger partial charge in [-0.15, -0.1) is 0 Å². The highest BCUT2D eigenvalue weighted by atomic mass is 79.9. The van der Waals surface area contributed by atoms with Gasteiger partial charge >= 0.3 is 12.0 Å². The molecule has 1 aliphatic carbocycles. The van der Waals surface area contributed by atoms with Gasteiger partial charge < -0.3 is 24.4 Å². The van der Waals surface area contributed by atoms with Crippen molar-refractivity contribution in [3.63, 3.8) is 0 Å². The van der Waals surface area contributed by atoms with Gasteiger partial charge in [-0.25, -0.2) is 9.59 Å². The lowest BCUT2D eigenvalue weighted by molar-refractivity contribution is -0.144. The third-order valence-electron chi connectivity index (χ3n) is 5.35. The van der Waals surface area contributed by atoms with E-state index in [0.29, 0.717) is 22.8 Å². The molecule has 1 saturated carbocycles. The zero-order valence-electron chi connectivity index (χ0n) is 15.2. The Bertz CT molecular complexity index is 832. The Morgan fingerprint density at radius 1 is 1.26 bits per heavy atom. The first-order valence-corrected chi connectivity index (χ1v) is 9.80. The van der Waals surface area contributed by atoms with Crippen LogP contribution in [0.15, 0.2) is 27.9 Å². The number of allylic oxidation sites excluding steroid dienone is 1. The molecule has 0 radical (unpaired) electrons. The zero-order valence-corrected chi connectivity index (χ0v) is 16.8. The minimum atomic E-state index is -0.633. The summed E-state index contributed by atoms with van der Waals surface area (Å²) in [7, 11) is 1.64. The van der Waals surface area contributed by atoms with Gasteiger partial charge in [-0.2, -0.15) is 0 Å². The highest BCUT2D eigenvalue weighted by molar-refractivity contribution is 9.10. The predicted octanol–water partition coefficient (Wildman–Crippen LogP) is 3.63. The second-order valence-electron chi connectivity index (χ2n) is 6.98. The third kappa shape index (κ3) is 3.26. The van der Waals surface area contributed by atoms with E-state index in [1.807, 2.05) is 0 Å². The summed E-state index contributed by atoms with van der Waals surface area (Å²) in [4.78, 5) is 26.9. The molecule has 0 bridgehead atoms. The van der Waals surface area contributed by atoms with Crippen molar-refractivity contribution in [3.05, 3.63) is 33.4 Å². The van der Waals surface area contributed by atoms with Gasteiger partial charge in [0.05, 0.1) is 11.6 Å². The fourth-order valence-corrected chi connectivity index (χ4v) is 4.26. The molecule has 2 heterocycles. The number of nitrogens with zero attached hydrogens (tertiary/aromatic N) is 1. The van der Waals surface area contributed by atoms with Crippen LogP contribution in [0.5, 0.6) is 11.5 Å². The molecule has 2 aliphatic heterocycles. The Balaban J connectivity index is 1.73. The summed E-state index contributed by atoms with van der Waals surface area (Å²) in [5.41, 5.74) is 1.73. The van der Waals surface area contributed by atoms with E-state index in [2.05, 4.69) is 21.2 Å². The van der Waals surface area contributed by atoms with Crippen molar-refractivity contribution >= 4 is 27.9 Å². The van der Waals surface area contributed by atoms with Crippen LogP contribution in [-0.2, 0) is 9.53 Å². The second-order valence-corrected chi connectivity index (χ2v) is 7.83. The SMILES string of the molecule is CC1=C(C(=O)OC2CCCC2)[C@@H](c2cc3c(cc2Br)OCO3)NC(=O)N1C. The Labute approximate surface area is 165 Å². The third-order valence-corrected chi connectivity index (χ3v) is 6.04. The van der Waals surface area contributed by atoms with Gasteiger partial charge in [-0.1, -0.05) is 15.9 Å². The fourth-order valence-electron chi connectivity index (χ4n) is 3.71. The average Bonchev–Trinajstić information content (AvgIpc) is 3.29. The fraction of sp³-hybridized carbons (Fsp3) is 0.474. The maximum atomic E-state index is 13.0. The van der Waals surface area contributed by atoms with Gasteiger partial charge in [-0.3, -0.25) is 0 Å². The Hall–Kier alpha value is -2.22. The Kier molecular flexibility index (Phi) is 4.75. The number of hydrogen-bond acceptors (Lipinski definition) is 5. The van der Waals surface area contributed by atoms with Crippen LogP contribution in [0.2, 0.25) is 0 Å². The molecule has 1 N–H and O–H groups in total. The Morgan fingerprint density at radius 2 is 1.93 bits per heavy atom. The molecular weight excluding hydrogens is 416 g/mol. The number of fused-ring (bicyclic) bond motifs is 1. The normalized spacial score (nSPS) is 22.3. The quantitative estimate of drug-likeness (QED) is 0.731. The summed E-state index contributed by atoms with van der Waals surface area (Å²) >= 11 is 3.53. The molecule has 3 aliphatic rings. The maximum absolute atomic E-state index is 13.0. The molecule has 0 unspecified atom stereocenters. The maximum Gasteiger partial charge on any atom is 0.338 e. The predicted molar refractivity (Wildman–Crippen MR) is 100 cm³/mol. The number of hydrogen-bond donors (Lipinski definition) is 1. The zero-order chi connectivity index (χ0) is 19.1. The van der Waals surface area contributed by atoms with Crippen LogP contribution in [-0.4, -0.2) is 36.8 Å². The minimum Gasteiger partial charge on any atom is -0.459 e. The first-order valence-electron chi connectivity index (χ1n) is 9.00. The van der Waals surface area contributed by atoms with Gasteiger partial charge in [0, 0.05) is 17.2 Å². The van der Waals surface area contributed by atoms with Crippen LogP contribution < -0.4 is 14.8 Å². The first-order chi connectivity index (χ1) is 13.0. The molecular formula is C19H21BrN2O5. The summed E-state index contributed by atoms with van der Waals surface area (Å²) in [5, 5.41) is 2.90. The molecule has 2 amide bonds. The largest absolute Gasteiger partial charge is 0.459 e. The molecule has 0 aromatic heterocycles. The average molecular weight is 437 g/mol. The van der Waals surface area contributed by atoms with E-state index in [0.717, 1.165) is 35.7 Å². The van der Waals surface area contributed by atoms with Crippen molar-refractivity contribution in [1.29, 1.82) is 0 Å². The highest BCUT2D eigenvalue weighted by Crippen LogP contribution is 2.42. The van der Waals surface area contributed by atoms with E-state index in [1.165, 1.54) is 4.90 Å². The van der Waals surface area contributed by atoms with Crippen molar-refractivity contribution in [2.75, 3.05) is 13.8 Å². The lowest BCUT2D eigenvalue weighted by Crippen LogP contribution is -2.46. The molecule has 7 nitrogen and oxygen atoms in total. The molecule has 1 aromatic carbocycles. The Morgan fingerprint density at radius 3 is 2.63 bits per heavy atom. The lowest BCUT2D eigenvalue weighted by atomic mass is 9.94. The number of benzene rings is 1. The summed E-state index contributed by atoms with van der Waals surface area (Å²) in [6.45, 7) is 1.91. The van der Waals surface area contributed by atoms with Crippen LogP contribution in [0.4, 0.5) is 4.79 Å². The molecule has 8 heteroatoms. The van der Waals surface area contributed by atoms with Crippen LogP contribution in [0, 0.1) is 0 Å². The summed E-state index contributed by atoms with van der Waals surface area (Å²) in [6, 6.07) is 2.67. The van der Waals surface area contributed by atoms with Gasteiger partial charge in [-0.05, 0) is 50.3 Å². The van der Waals surface area contributed by atoms with E-state index in [1.54, 1.807) is 26.1 Å². The van der Waals surface area contributed by atoms with Crippen LogP contribution in [0.3, 0.4) is 0 Å². The number of esters is 1. The summed E-state index contributed by atoms with van der Waals surface area (Å²) in [5.74, 6) is 0.823. The molecule has 1 fully saturated rings. The molecule has 0 spiro atoms. The van der Waals surface area contributed by atoms with E-state index < -0.39 is 6.04 Å². The monoisotopic (exact) mass is 436 g/mol. The lowest BCUT2D eigenvalue weighted by Gasteiger charge is -2.34. The molecule has 1 aromatic rings. The first kappa shape index (κ1) is 18.2. The molecule has 144 valence electrons. The standard InChI is InChI=1S/C19H21BrN2O5/c1-10-16(18(23)27-11-5-3-4-6-11)17(21-19(24)22(10)2)12-7-14-15(8-13(12)20)26-9-25-14/h7-8,11,17H,3-6,9H2,1-2H3,(H,21,24)/t17-/m1/s1. The summed E-state index contributed by atoms with van der Waals surface area (Å²) in [6.07, 6.45) is 3.87. The van der Waals surface area contributed by atoms with Gasteiger partial charge in [0.2, 0.25) is 6.79 Å². The number of halogens is 1. The van der Waals surface area contributed by atoms with Crippen LogP contribution in [0.25, 0.3) is 0 Å². The van der Waals surface area contributed by atoms with Gasteiger partial charge in [0.1, 0.15) is 6.10 Å². The van der Waals surface area contributed by atoms with Gasteiger partial charge in [0.25, 0.3) is 0 Å². The molecule has 4 rings (SSSR count). The topological polar surface area (TPSA) is 77.1 Å². The number of carbonyl (C=O) groups is 2. The minimum absolute atomic E-state index is 0.0541. The number of carbonyl (C=O) groups excluding carboxylic acids is 2.